The van der Waals surface area contributed by atoms with Crippen molar-refractivity contribution >= 4 is 11.6 Å². The average molecular weight is 301 g/mol. The first-order valence-corrected chi connectivity index (χ1v) is 6.81. The second kappa shape index (κ2) is 6.44. The molecule has 3 N–H and O–H groups in total. The van der Waals surface area contributed by atoms with Gasteiger partial charge in [0.1, 0.15) is 0 Å². The maximum Gasteiger partial charge on any atom is 0.238 e. The van der Waals surface area contributed by atoms with Crippen LogP contribution < -0.4 is 11.1 Å². The van der Waals surface area contributed by atoms with Crippen molar-refractivity contribution in [3.63, 3.8) is 0 Å². The van der Waals surface area contributed by atoms with Gasteiger partial charge in [0.25, 0.3) is 0 Å². The number of halogens is 3. The van der Waals surface area contributed by atoms with Crippen molar-refractivity contribution in [3.05, 3.63) is 29.6 Å². The Hall–Kier alpha value is -1.60. The van der Waals surface area contributed by atoms with E-state index >= 15 is 0 Å². The van der Waals surface area contributed by atoms with Crippen LogP contribution in [0.1, 0.15) is 19.8 Å². The Balaban J connectivity index is 1.98. The van der Waals surface area contributed by atoms with Gasteiger partial charge in [0.15, 0.2) is 17.5 Å². The zero-order valence-corrected chi connectivity index (χ0v) is 11.7. The third-order valence-electron chi connectivity index (χ3n) is 3.71. The molecular weight excluding hydrogens is 283 g/mol. The van der Waals surface area contributed by atoms with Crippen LogP contribution in [-0.2, 0) is 4.79 Å². The number of nitrogens with zero attached hydrogens (tertiary/aromatic N) is 1. The zero-order valence-electron chi connectivity index (χ0n) is 11.7. The second-order valence-electron chi connectivity index (χ2n) is 5.38. The van der Waals surface area contributed by atoms with E-state index < -0.39 is 23.4 Å². The maximum absolute atomic E-state index is 13.5. The molecule has 2 atom stereocenters. The van der Waals surface area contributed by atoms with Gasteiger partial charge in [-0.2, -0.15) is 0 Å². The highest BCUT2D eigenvalue weighted by molar-refractivity contribution is 5.92. The van der Waals surface area contributed by atoms with Crippen LogP contribution in [0.5, 0.6) is 0 Å². The number of carbonyl (C=O) groups is 1. The highest BCUT2D eigenvalue weighted by Gasteiger charge is 2.25. The van der Waals surface area contributed by atoms with Crippen LogP contribution in [0.4, 0.5) is 18.9 Å². The summed E-state index contributed by atoms with van der Waals surface area (Å²) in [5.41, 5.74) is 5.48. The van der Waals surface area contributed by atoms with E-state index in [-0.39, 0.29) is 24.3 Å². The number of nitrogens with two attached hydrogens (primary N) is 1. The van der Waals surface area contributed by atoms with Crippen LogP contribution in [0.3, 0.4) is 0 Å². The molecule has 2 unspecified atom stereocenters. The molecule has 7 heteroatoms. The average Bonchev–Trinajstić information content (AvgIpc) is 2.43. The SMILES string of the molecule is CC1CC(N)CCN1CC(=O)Nc1ccc(F)c(F)c1F. The number of rotatable bonds is 3. The van der Waals surface area contributed by atoms with E-state index in [1.54, 1.807) is 0 Å². The van der Waals surface area contributed by atoms with Crippen molar-refractivity contribution in [3.8, 4) is 0 Å². The van der Waals surface area contributed by atoms with Gasteiger partial charge >= 0.3 is 0 Å². The highest BCUT2D eigenvalue weighted by Crippen LogP contribution is 2.20. The predicted octanol–water partition coefficient (Wildman–Crippen LogP) is 1.85. The van der Waals surface area contributed by atoms with Gasteiger partial charge in [-0.25, -0.2) is 13.2 Å². The molecule has 116 valence electrons. The molecule has 0 radical (unpaired) electrons. The monoisotopic (exact) mass is 301 g/mol. The minimum Gasteiger partial charge on any atom is -0.328 e. The lowest BCUT2D eigenvalue weighted by Gasteiger charge is -2.35. The molecule has 1 heterocycles. The van der Waals surface area contributed by atoms with Gasteiger partial charge < -0.3 is 11.1 Å². The maximum atomic E-state index is 13.5. The fourth-order valence-corrected chi connectivity index (χ4v) is 2.49. The lowest BCUT2D eigenvalue weighted by Crippen LogP contribution is -2.48. The molecule has 21 heavy (non-hydrogen) atoms. The first kappa shape index (κ1) is 15.8. The lowest BCUT2D eigenvalue weighted by atomic mass is 9.99. The van der Waals surface area contributed by atoms with Gasteiger partial charge in [-0.1, -0.05) is 0 Å². The third kappa shape index (κ3) is 3.74. The smallest absolute Gasteiger partial charge is 0.238 e. The Morgan fingerprint density at radius 1 is 1.38 bits per heavy atom. The second-order valence-corrected chi connectivity index (χ2v) is 5.38. The summed E-state index contributed by atoms with van der Waals surface area (Å²) in [6.45, 7) is 2.70. The van der Waals surface area contributed by atoms with Crippen molar-refractivity contribution in [1.29, 1.82) is 0 Å². The van der Waals surface area contributed by atoms with Gasteiger partial charge in [-0.3, -0.25) is 9.69 Å². The number of hydrogen-bond donors (Lipinski definition) is 2. The van der Waals surface area contributed by atoms with Crippen molar-refractivity contribution in [2.24, 2.45) is 5.73 Å². The minimum absolute atomic E-state index is 0.0618. The van der Waals surface area contributed by atoms with Crippen LogP contribution >= 0.6 is 0 Å². The number of hydrogen-bond acceptors (Lipinski definition) is 3. The van der Waals surface area contributed by atoms with Crippen molar-refractivity contribution < 1.29 is 18.0 Å². The van der Waals surface area contributed by atoms with Crippen LogP contribution in [-0.4, -0.2) is 36.0 Å². The number of piperidine rings is 1. The first-order chi connectivity index (χ1) is 9.88. The van der Waals surface area contributed by atoms with Crippen molar-refractivity contribution in [2.75, 3.05) is 18.4 Å². The van der Waals surface area contributed by atoms with E-state index in [4.69, 9.17) is 5.73 Å². The van der Waals surface area contributed by atoms with E-state index in [0.717, 1.165) is 25.0 Å². The standard InChI is InChI=1S/C14H18F3N3O/c1-8-6-9(18)4-5-20(8)7-12(21)19-11-3-2-10(15)13(16)14(11)17/h2-3,8-9H,4-7,18H2,1H3,(H,19,21). The molecule has 1 aliphatic heterocycles. The molecule has 4 nitrogen and oxygen atoms in total. The number of likely N-dealkylation sites (tertiary alicyclic amines) is 1. The molecule has 1 aromatic rings. The first-order valence-electron chi connectivity index (χ1n) is 6.81. The van der Waals surface area contributed by atoms with Crippen molar-refractivity contribution in [1.82, 2.24) is 4.90 Å². The van der Waals surface area contributed by atoms with E-state index in [9.17, 15) is 18.0 Å². The van der Waals surface area contributed by atoms with E-state index in [2.05, 4.69) is 5.32 Å². The highest BCUT2D eigenvalue weighted by atomic mass is 19.2. The van der Waals surface area contributed by atoms with E-state index in [1.165, 1.54) is 0 Å². The largest absolute Gasteiger partial charge is 0.328 e. The van der Waals surface area contributed by atoms with Gasteiger partial charge in [0.05, 0.1) is 12.2 Å². The molecule has 1 saturated heterocycles. The van der Waals surface area contributed by atoms with Gasteiger partial charge in [-0.15, -0.1) is 0 Å². The molecule has 0 aromatic heterocycles. The Kier molecular flexibility index (Phi) is 4.84. The summed E-state index contributed by atoms with van der Waals surface area (Å²) in [5, 5.41) is 2.26. The number of anilines is 1. The number of amides is 1. The summed E-state index contributed by atoms with van der Waals surface area (Å²) < 4.78 is 39.4. The van der Waals surface area contributed by atoms with E-state index in [0.29, 0.717) is 6.54 Å². The fraction of sp³-hybridized carbons (Fsp3) is 0.500. The van der Waals surface area contributed by atoms with Gasteiger partial charge in [0, 0.05) is 18.6 Å². The molecule has 0 spiro atoms. The summed E-state index contributed by atoms with van der Waals surface area (Å²) in [7, 11) is 0. The van der Waals surface area contributed by atoms with E-state index in [1.807, 2.05) is 11.8 Å². The summed E-state index contributed by atoms with van der Waals surface area (Å²) in [4.78, 5) is 13.8. The van der Waals surface area contributed by atoms with Crippen LogP contribution in [0, 0.1) is 17.5 Å². The molecule has 1 aromatic carbocycles. The molecular formula is C14H18F3N3O. The molecule has 2 rings (SSSR count). The van der Waals surface area contributed by atoms with Crippen LogP contribution in [0.2, 0.25) is 0 Å². The minimum atomic E-state index is -1.59. The Morgan fingerprint density at radius 3 is 2.76 bits per heavy atom. The van der Waals surface area contributed by atoms with Crippen LogP contribution in [0.15, 0.2) is 12.1 Å². The van der Waals surface area contributed by atoms with Crippen molar-refractivity contribution in [2.45, 2.75) is 31.8 Å². The van der Waals surface area contributed by atoms with Gasteiger partial charge in [-0.05, 0) is 31.9 Å². The third-order valence-corrected chi connectivity index (χ3v) is 3.71. The molecule has 1 aliphatic rings. The summed E-state index contributed by atoms with van der Waals surface area (Å²) in [5.74, 6) is -4.74. The molecule has 1 fully saturated rings. The summed E-state index contributed by atoms with van der Waals surface area (Å²) >= 11 is 0. The summed E-state index contributed by atoms with van der Waals surface area (Å²) in [6.07, 6.45) is 1.57. The Labute approximate surface area is 121 Å². The quantitative estimate of drug-likeness (QED) is 0.838. The molecule has 1 amide bonds. The number of benzene rings is 1. The predicted molar refractivity (Wildman–Crippen MR) is 73.2 cm³/mol. The molecule has 0 saturated carbocycles. The summed E-state index contributed by atoms with van der Waals surface area (Å²) in [6, 6.07) is 2.05. The molecule has 0 aliphatic carbocycles. The Morgan fingerprint density at radius 2 is 2.10 bits per heavy atom. The molecule has 0 bridgehead atoms. The number of carbonyl (C=O) groups excluding carboxylic acids is 1. The van der Waals surface area contributed by atoms with Crippen LogP contribution in [0.25, 0.3) is 0 Å². The topological polar surface area (TPSA) is 58.4 Å². The Bertz CT molecular complexity index is 538. The zero-order chi connectivity index (χ0) is 15.6. The van der Waals surface area contributed by atoms with Gasteiger partial charge in [0.2, 0.25) is 5.91 Å². The fourth-order valence-electron chi connectivity index (χ4n) is 2.49. The number of nitrogens with one attached hydrogen (secondary N) is 1. The lowest BCUT2D eigenvalue weighted by molar-refractivity contribution is -0.118. The normalized spacial score (nSPS) is 23.1.